The standard InChI is InChI=1S/C11H22N2O3S/c1-5-10-8-13(7-6-11(10)14)17(15,16)12(4)9(2)3/h9-10H,5-8H2,1-4H3. The molecule has 0 N–H and O–H groups in total. The van der Waals surface area contributed by atoms with Gasteiger partial charge in [-0.2, -0.15) is 17.0 Å². The van der Waals surface area contributed by atoms with E-state index in [1.807, 2.05) is 20.8 Å². The van der Waals surface area contributed by atoms with Gasteiger partial charge in [-0.3, -0.25) is 4.79 Å². The first-order chi connectivity index (χ1) is 7.80. The van der Waals surface area contributed by atoms with Crippen LogP contribution in [-0.2, 0) is 15.0 Å². The number of hydrogen-bond donors (Lipinski definition) is 0. The van der Waals surface area contributed by atoms with E-state index in [-0.39, 0.29) is 17.7 Å². The molecular formula is C11H22N2O3S. The zero-order valence-electron chi connectivity index (χ0n) is 11.0. The summed E-state index contributed by atoms with van der Waals surface area (Å²) in [6.45, 7) is 6.24. The summed E-state index contributed by atoms with van der Waals surface area (Å²) in [6, 6.07) is -0.0716. The highest BCUT2D eigenvalue weighted by molar-refractivity contribution is 7.86. The Balaban J connectivity index is 2.83. The molecule has 1 saturated heterocycles. The van der Waals surface area contributed by atoms with Crippen LogP contribution in [0.15, 0.2) is 0 Å². The molecule has 1 aliphatic rings. The van der Waals surface area contributed by atoms with Gasteiger partial charge >= 0.3 is 0 Å². The van der Waals surface area contributed by atoms with Gasteiger partial charge in [0.1, 0.15) is 5.78 Å². The summed E-state index contributed by atoms with van der Waals surface area (Å²) in [5.74, 6) is 0.0465. The molecule has 0 spiro atoms. The van der Waals surface area contributed by atoms with Crippen LogP contribution in [0, 0.1) is 5.92 Å². The first kappa shape index (κ1) is 14.6. The van der Waals surface area contributed by atoms with E-state index in [4.69, 9.17) is 0 Å². The Labute approximate surface area is 104 Å². The van der Waals surface area contributed by atoms with Gasteiger partial charge in [0.15, 0.2) is 0 Å². The Kier molecular flexibility index (Phi) is 4.69. The van der Waals surface area contributed by atoms with Crippen molar-refractivity contribution in [3.8, 4) is 0 Å². The molecule has 0 amide bonds. The molecule has 0 aromatic rings. The van der Waals surface area contributed by atoms with Crippen LogP contribution < -0.4 is 0 Å². The fraction of sp³-hybridized carbons (Fsp3) is 0.909. The molecule has 1 rings (SSSR count). The number of hydrogen-bond acceptors (Lipinski definition) is 3. The minimum Gasteiger partial charge on any atom is -0.299 e. The lowest BCUT2D eigenvalue weighted by atomic mass is 9.96. The smallest absolute Gasteiger partial charge is 0.281 e. The highest BCUT2D eigenvalue weighted by Gasteiger charge is 2.35. The molecule has 1 atom stereocenters. The van der Waals surface area contributed by atoms with Crippen molar-refractivity contribution in [3.05, 3.63) is 0 Å². The molecule has 5 nitrogen and oxygen atoms in total. The second kappa shape index (κ2) is 5.46. The van der Waals surface area contributed by atoms with Crippen molar-refractivity contribution >= 4 is 16.0 Å². The number of piperidine rings is 1. The Hall–Kier alpha value is -0.460. The van der Waals surface area contributed by atoms with Crippen LogP contribution in [-0.4, -0.2) is 49.0 Å². The van der Waals surface area contributed by atoms with Gasteiger partial charge in [-0.05, 0) is 20.3 Å². The first-order valence-corrected chi connectivity index (χ1v) is 7.46. The SMILES string of the molecule is CCC1CN(S(=O)(=O)N(C)C(C)C)CCC1=O. The van der Waals surface area contributed by atoms with E-state index in [1.165, 1.54) is 8.61 Å². The van der Waals surface area contributed by atoms with Gasteiger partial charge in [0.25, 0.3) is 10.2 Å². The molecule has 17 heavy (non-hydrogen) atoms. The van der Waals surface area contributed by atoms with E-state index < -0.39 is 10.2 Å². The maximum atomic E-state index is 12.2. The van der Waals surface area contributed by atoms with Crippen molar-refractivity contribution in [2.45, 2.75) is 39.7 Å². The highest BCUT2D eigenvalue weighted by Crippen LogP contribution is 2.21. The summed E-state index contributed by atoms with van der Waals surface area (Å²) in [7, 11) is -1.83. The molecule has 0 aromatic heterocycles. The molecule has 1 heterocycles. The predicted octanol–water partition coefficient (Wildman–Crippen LogP) is 0.872. The number of ketones is 1. The molecule has 1 aliphatic heterocycles. The van der Waals surface area contributed by atoms with Crippen LogP contribution in [0.3, 0.4) is 0 Å². The van der Waals surface area contributed by atoms with Crippen molar-refractivity contribution < 1.29 is 13.2 Å². The number of carbonyl (C=O) groups is 1. The maximum Gasteiger partial charge on any atom is 0.281 e. The molecule has 0 aromatic carbocycles. The molecule has 100 valence electrons. The van der Waals surface area contributed by atoms with Gasteiger partial charge in [0.2, 0.25) is 0 Å². The average molecular weight is 262 g/mol. The van der Waals surface area contributed by atoms with Crippen LogP contribution >= 0.6 is 0 Å². The Morgan fingerprint density at radius 1 is 1.47 bits per heavy atom. The first-order valence-electron chi connectivity index (χ1n) is 6.06. The number of Topliss-reactive ketones (excluding diaryl/α,β-unsaturated/α-hetero) is 1. The second-order valence-electron chi connectivity index (χ2n) is 4.80. The molecule has 0 saturated carbocycles. The second-order valence-corrected chi connectivity index (χ2v) is 6.79. The summed E-state index contributed by atoms with van der Waals surface area (Å²) < 4.78 is 27.3. The minimum absolute atomic E-state index is 0.0716. The van der Waals surface area contributed by atoms with E-state index in [0.717, 1.165) is 0 Å². The largest absolute Gasteiger partial charge is 0.299 e. The van der Waals surface area contributed by atoms with Gasteiger partial charge in [-0.25, -0.2) is 0 Å². The van der Waals surface area contributed by atoms with Crippen molar-refractivity contribution in [1.82, 2.24) is 8.61 Å². The van der Waals surface area contributed by atoms with E-state index in [1.54, 1.807) is 7.05 Å². The zero-order valence-corrected chi connectivity index (χ0v) is 11.8. The fourth-order valence-electron chi connectivity index (χ4n) is 1.89. The lowest BCUT2D eigenvalue weighted by molar-refractivity contribution is -0.125. The third-order valence-corrected chi connectivity index (χ3v) is 5.53. The van der Waals surface area contributed by atoms with Crippen LogP contribution in [0.25, 0.3) is 0 Å². The summed E-state index contributed by atoms with van der Waals surface area (Å²) in [6.07, 6.45) is 1.04. The van der Waals surface area contributed by atoms with E-state index in [2.05, 4.69) is 0 Å². The lowest BCUT2D eigenvalue weighted by Gasteiger charge is -2.34. The summed E-state index contributed by atoms with van der Waals surface area (Å²) in [5.41, 5.74) is 0. The number of nitrogens with zero attached hydrogens (tertiary/aromatic N) is 2. The van der Waals surface area contributed by atoms with Crippen LogP contribution in [0.2, 0.25) is 0 Å². The third kappa shape index (κ3) is 3.05. The van der Waals surface area contributed by atoms with Crippen molar-refractivity contribution in [2.75, 3.05) is 20.1 Å². The molecular weight excluding hydrogens is 240 g/mol. The maximum absolute atomic E-state index is 12.2. The quantitative estimate of drug-likeness (QED) is 0.755. The van der Waals surface area contributed by atoms with Crippen molar-refractivity contribution in [1.29, 1.82) is 0 Å². The lowest BCUT2D eigenvalue weighted by Crippen LogP contribution is -2.50. The third-order valence-electron chi connectivity index (χ3n) is 3.40. The van der Waals surface area contributed by atoms with Crippen molar-refractivity contribution in [3.63, 3.8) is 0 Å². The predicted molar refractivity (Wildman–Crippen MR) is 66.8 cm³/mol. The number of carbonyl (C=O) groups excluding carboxylic acids is 1. The Morgan fingerprint density at radius 2 is 2.06 bits per heavy atom. The fourth-order valence-corrected chi connectivity index (χ4v) is 3.48. The summed E-state index contributed by atoms with van der Waals surface area (Å²) in [4.78, 5) is 11.6. The van der Waals surface area contributed by atoms with E-state index in [9.17, 15) is 13.2 Å². The summed E-state index contributed by atoms with van der Waals surface area (Å²) in [5, 5.41) is 0. The van der Waals surface area contributed by atoms with Crippen molar-refractivity contribution in [2.24, 2.45) is 5.92 Å². The van der Waals surface area contributed by atoms with E-state index >= 15 is 0 Å². The van der Waals surface area contributed by atoms with Crippen LogP contribution in [0.5, 0.6) is 0 Å². The van der Waals surface area contributed by atoms with Gasteiger partial charge in [-0.1, -0.05) is 6.92 Å². The zero-order chi connectivity index (χ0) is 13.2. The molecule has 1 fully saturated rings. The van der Waals surface area contributed by atoms with Gasteiger partial charge in [0, 0.05) is 38.5 Å². The normalized spacial score (nSPS) is 23.6. The molecule has 0 bridgehead atoms. The number of rotatable bonds is 4. The Bertz CT molecular complexity index is 378. The van der Waals surface area contributed by atoms with Gasteiger partial charge in [-0.15, -0.1) is 0 Å². The highest BCUT2D eigenvalue weighted by atomic mass is 32.2. The molecule has 6 heteroatoms. The monoisotopic (exact) mass is 262 g/mol. The van der Waals surface area contributed by atoms with E-state index in [0.29, 0.717) is 25.9 Å². The minimum atomic E-state index is -3.41. The van der Waals surface area contributed by atoms with Gasteiger partial charge < -0.3 is 0 Å². The Morgan fingerprint density at radius 3 is 2.53 bits per heavy atom. The average Bonchev–Trinajstić information content (AvgIpc) is 2.28. The summed E-state index contributed by atoms with van der Waals surface area (Å²) >= 11 is 0. The topological polar surface area (TPSA) is 57.7 Å². The van der Waals surface area contributed by atoms with Crippen LogP contribution in [0.4, 0.5) is 0 Å². The molecule has 1 unspecified atom stereocenters. The van der Waals surface area contributed by atoms with Gasteiger partial charge in [0.05, 0.1) is 0 Å². The molecule has 0 aliphatic carbocycles. The molecule has 0 radical (unpaired) electrons. The van der Waals surface area contributed by atoms with Crippen LogP contribution in [0.1, 0.15) is 33.6 Å².